The molecule has 1 aromatic rings. The standard InChI is InChI=1S/C11H16IN3O/c12-11-2-1-10(9-13-11)15-5-3-14(4-6-15)7-8-16/h1-2,9,16H,3-8H2. The lowest BCUT2D eigenvalue weighted by atomic mass is 10.3. The quantitative estimate of drug-likeness (QED) is 0.656. The first-order chi connectivity index (χ1) is 7.79. The topological polar surface area (TPSA) is 39.6 Å². The second-order valence-electron chi connectivity index (χ2n) is 3.89. The van der Waals surface area contributed by atoms with Gasteiger partial charge < -0.3 is 10.0 Å². The molecule has 0 unspecified atom stereocenters. The molecule has 4 nitrogen and oxygen atoms in total. The Morgan fingerprint density at radius 2 is 2.00 bits per heavy atom. The molecule has 16 heavy (non-hydrogen) atoms. The number of hydrogen-bond acceptors (Lipinski definition) is 4. The van der Waals surface area contributed by atoms with Crippen molar-refractivity contribution in [2.75, 3.05) is 44.2 Å². The van der Waals surface area contributed by atoms with E-state index in [1.807, 2.05) is 12.3 Å². The number of piperazine rings is 1. The van der Waals surface area contributed by atoms with Gasteiger partial charge in [-0.1, -0.05) is 0 Å². The van der Waals surface area contributed by atoms with Crippen LogP contribution in [-0.4, -0.2) is 54.3 Å². The van der Waals surface area contributed by atoms with Crippen LogP contribution in [0.3, 0.4) is 0 Å². The monoisotopic (exact) mass is 333 g/mol. The lowest BCUT2D eigenvalue weighted by Crippen LogP contribution is -2.47. The fraction of sp³-hybridized carbons (Fsp3) is 0.545. The maximum absolute atomic E-state index is 8.87. The summed E-state index contributed by atoms with van der Waals surface area (Å²) in [5.41, 5.74) is 1.20. The first kappa shape index (κ1) is 12.1. The summed E-state index contributed by atoms with van der Waals surface area (Å²) >= 11 is 2.22. The average molecular weight is 333 g/mol. The number of anilines is 1. The van der Waals surface area contributed by atoms with Gasteiger partial charge in [0.2, 0.25) is 0 Å². The van der Waals surface area contributed by atoms with Gasteiger partial charge in [-0.25, -0.2) is 4.98 Å². The molecule has 0 atom stereocenters. The fourth-order valence-corrected chi connectivity index (χ4v) is 2.25. The normalized spacial score (nSPS) is 17.8. The Morgan fingerprint density at radius 1 is 1.25 bits per heavy atom. The lowest BCUT2D eigenvalue weighted by Gasteiger charge is -2.35. The van der Waals surface area contributed by atoms with Gasteiger partial charge in [-0.3, -0.25) is 4.90 Å². The molecule has 1 aliphatic rings. The summed E-state index contributed by atoms with van der Waals surface area (Å²) in [6, 6.07) is 4.16. The van der Waals surface area contributed by atoms with Gasteiger partial charge in [0.05, 0.1) is 18.5 Å². The van der Waals surface area contributed by atoms with Gasteiger partial charge in [0.25, 0.3) is 0 Å². The summed E-state index contributed by atoms with van der Waals surface area (Å²) in [5, 5.41) is 8.87. The average Bonchev–Trinajstić information content (AvgIpc) is 2.32. The van der Waals surface area contributed by atoms with Gasteiger partial charge in [-0.2, -0.15) is 0 Å². The first-order valence-electron chi connectivity index (χ1n) is 5.49. The lowest BCUT2D eigenvalue weighted by molar-refractivity contribution is 0.189. The van der Waals surface area contributed by atoms with Crippen LogP contribution in [0.1, 0.15) is 0 Å². The Bertz CT molecular complexity index is 323. The van der Waals surface area contributed by atoms with E-state index in [1.54, 1.807) is 0 Å². The highest BCUT2D eigenvalue weighted by Gasteiger charge is 2.16. The molecule has 0 saturated carbocycles. The largest absolute Gasteiger partial charge is 0.395 e. The van der Waals surface area contributed by atoms with Crippen molar-refractivity contribution in [3.8, 4) is 0 Å². The SMILES string of the molecule is OCCN1CCN(c2ccc(I)nc2)CC1. The van der Waals surface area contributed by atoms with Crippen LogP contribution in [0.4, 0.5) is 5.69 Å². The summed E-state index contributed by atoms with van der Waals surface area (Å²) in [7, 11) is 0. The Hall–Kier alpha value is -0.400. The zero-order chi connectivity index (χ0) is 11.4. The molecule has 1 aliphatic heterocycles. The van der Waals surface area contributed by atoms with Crippen molar-refractivity contribution >= 4 is 28.3 Å². The maximum atomic E-state index is 8.87. The van der Waals surface area contributed by atoms with Crippen LogP contribution in [0.15, 0.2) is 18.3 Å². The third-order valence-electron chi connectivity index (χ3n) is 2.87. The van der Waals surface area contributed by atoms with Crippen LogP contribution >= 0.6 is 22.6 Å². The van der Waals surface area contributed by atoms with E-state index in [0.29, 0.717) is 0 Å². The number of aliphatic hydroxyl groups is 1. The Labute approximate surface area is 109 Å². The van der Waals surface area contributed by atoms with Crippen LogP contribution in [-0.2, 0) is 0 Å². The van der Waals surface area contributed by atoms with E-state index in [0.717, 1.165) is 36.4 Å². The van der Waals surface area contributed by atoms with Crippen LogP contribution in [0.2, 0.25) is 0 Å². The number of β-amino-alcohol motifs (C(OH)–C–C–N with tert-alkyl or cyclic N) is 1. The van der Waals surface area contributed by atoms with E-state index in [-0.39, 0.29) is 6.61 Å². The van der Waals surface area contributed by atoms with E-state index in [1.165, 1.54) is 5.69 Å². The minimum absolute atomic E-state index is 0.255. The molecule has 0 aromatic carbocycles. The van der Waals surface area contributed by atoms with E-state index >= 15 is 0 Å². The molecule has 0 amide bonds. The Kier molecular flexibility index (Phi) is 4.37. The highest BCUT2D eigenvalue weighted by atomic mass is 127. The van der Waals surface area contributed by atoms with Crippen LogP contribution in [0.5, 0.6) is 0 Å². The minimum atomic E-state index is 0.255. The number of aliphatic hydroxyl groups excluding tert-OH is 1. The molecule has 2 heterocycles. The molecule has 0 aliphatic carbocycles. The number of hydrogen-bond donors (Lipinski definition) is 1. The Morgan fingerprint density at radius 3 is 2.56 bits per heavy atom. The van der Waals surface area contributed by atoms with Gasteiger partial charge in [-0.15, -0.1) is 0 Å². The van der Waals surface area contributed by atoms with Crippen molar-refractivity contribution in [2.24, 2.45) is 0 Å². The molecule has 1 fully saturated rings. The summed E-state index contributed by atoms with van der Waals surface area (Å²) in [5.74, 6) is 0. The highest BCUT2D eigenvalue weighted by Crippen LogP contribution is 2.15. The van der Waals surface area contributed by atoms with Crippen LogP contribution in [0, 0.1) is 3.70 Å². The number of halogens is 1. The molecule has 1 N–H and O–H groups in total. The number of pyridine rings is 1. The van der Waals surface area contributed by atoms with Crippen molar-refractivity contribution in [1.29, 1.82) is 0 Å². The van der Waals surface area contributed by atoms with Crippen LogP contribution in [0.25, 0.3) is 0 Å². The van der Waals surface area contributed by atoms with Gasteiger partial charge in [-0.05, 0) is 34.7 Å². The minimum Gasteiger partial charge on any atom is -0.395 e. The van der Waals surface area contributed by atoms with Crippen molar-refractivity contribution in [2.45, 2.75) is 0 Å². The van der Waals surface area contributed by atoms with E-state index in [4.69, 9.17) is 5.11 Å². The molecule has 2 rings (SSSR count). The summed E-state index contributed by atoms with van der Waals surface area (Å²) in [6.45, 7) is 5.12. The molecule has 0 radical (unpaired) electrons. The molecular formula is C11H16IN3O. The van der Waals surface area contributed by atoms with Gasteiger partial charge >= 0.3 is 0 Å². The zero-order valence-electron chi connectivity index (χ0n) is 9.14. The number of rotatable bonds is 3. The third kappa shape index (κ3) is 3.05. The summed E-state index contributed by atoms with van der Waals surface area (Å²) in [4.78, 5) is 8.93. The number of aromatic nitrogens is 1. The molecule has 5 heteroatoms. The van der Waals surface area contributed by atoms with Gasteiger partial charge in [0, 0.05) is 32.7 Å². The van der Waals surface area contributed by atoms with Crippen molar-refractivity contribution in [3.05, 3.63) is 22.0 Å². The third-order valence-corrected chi connectivity index (χ3v) is 3.50. The van der Waals surface area contributed by atoms with Crippen molar-refractivity contribution in [1.82, 2.24) is 9.88 Å². The summed E-state index contributed by atoms with van der Waals surface area (Å²) in [6.07, 6.45) is 1.93. The smallest absolute Gasteiger partial charge is 0.101 e. The zero-order valence-corrected chi connectivity index (χ0v) is 11.3. The molecule has 1 saturated heterocycles. The highest BCUT2D eigenvalue weighted by molar-refractivity contribution is 14.1. The van der Waals surface area contributed by atoms with Crippen molar-refractivity contribution < 1.29 is 5.11 Å². The van der Waals surface area contributed by atoms with Crippen LogP contribution < -0.4 is 4.90 Å². The summed E-state index contributed by atoms with van der Waals surface area (Å²) < 4.78 is 1.03. The Balaban J connectivity index is 1.91. The second kappa shape index (κ2) is 5.79. The number of nitrogens with zero attached hydrogens (tertiary/aromatic N) is 3. The van der Waals surface area contributed by atoms with E-state index in [2.05, 4.69) is 43.4 Å². The second-order valence-corrected chi connectivity index (χ2v) is 5.00. The van der Waals surface area contributed by atoms with E-state index < -0.39 is 0 Å². The van der Waals surface area contributed by atoms with Gasteiger partial charge in [0.15, 0.2) is 0 Å². The molecule has 0 spiro atoms. The predicted molar refractivity (Wildman–Crippen MR) is 72.7 cm³/mol. The van der Waals surface area contributed by atoms with E-state index in [9.17, 15) is 0 Å². The predicted octanol–water partition coefficient (Wildman–Crippen LogP) is 0.800. The maximum Gasteiger partial charge on any atom is 0.101 e. The molecular weight excluding hydrogens is 317 g/mol. The van der Waals surface area contributed by atoms with Gasteiger partial charge in [0.1, 0.15) is 3.70 Å². The van der Waals surface area contributed by atoms with Crippen molar-refractivity contribution in [3.63, 3.8) is 0 Å². The molecule has 88 valence electrons. The first-order valence-corrected chi connectivity index (χ1v) is 6.57. The fourth-order valence-electron chi connectivity index (χ4n) is 1.93. The molecule has 1 aromatic heterocycles. The molecule has 0 bridgehead atoms.